The Labute approximate surface area is 160 Å². The van der Waals surface area contributed by atoms with Crippen LogP contribution in [0.2, 0.25) is 0 Å². The van der Waals surface area contributed by atoms with Crippen LogP contribution in [0.1, 0.15) is 11.1 Å². The van der Waals surface area contributed by atoms with Gasteiger partial charge in [0.15, 0.2) is 24.1 Å². The standard InChI is InChI=1S/C19H20F3N3O3/c1-23-18(24-9-13-6-7-16-17(8-13)28-12-27-16)25-10-14-4-2-3-5-15(14)26-11-19(20,21)22/h2-8H,9-12H2,1H3,(H2,23,24,25). The fraction of sp³-hybridized carbons (Fsp3) is 0.316. The number of nitrogens with zero attached hydrogens (tertiary/aromatic N) is 1. The van der Waals surface area contributed by atoms with E-state index < -0.39 is 12.8 Å². The summed E-state index contributed by atoms with van der Waals surface area (Å²) in [5, 5.41) is 6.21. The molecule has 3 rings (SSSR count). The summed E-state index contributed by atoms with van der Waals surface area (Å²) in [4.78, 5) is 4.12. The first-order valence-corrected chi connectivity index (χ1v) is 8.55. The highest BCUT2D eigenvalue weighted by Gasteiger charge is 2.28. The maximum absolute atomic E-state index is 12.4. The van der Waals surface area contributed by atoms with E-state index in [4.69, 9.17) is 14.2 Å². The molecule has 1 aliphatic rings. The zero-order chi connectivity index (χ0) is 20.0. The van der Waals surface area contributed by atoms with E-state index in [-0.39, 0.29) is 19.1 Å². The summed E-state index contributed by atoms with van der Waals surface area (Å²) in [7, 11) is 1.61. The summed E-state index contributed by atoms with van der Waals surface area (Å²) in [5.41, 5.74) is 1.57. The van der Waals surface area contributed by atoms with Gasteiger partial charge in [0.2, 0.25) is 6.79 Å². The van der Waals surface area contributed by atoms with Gasteiger partial charge in [-0.05, 0) is 23.8 Å². The lowest BCUT2D eigenvalue weighted by Gasteiger charge is -2.15. The molecule has 0 bridgehead atoms. The largest absolute Gasteiger partial charge is 0.484 e. The van der Waals surface area contributed by atoms with E-state index in [1.54, 1.807) is 25.2 Å². The smallest absolute Gasteiger partial charge is 0.422 e. The molecular weight excluding hydrogens is 375 g/mol. The highest BCUT2D eigenvalue weighted by Crippen LogP contribution is 2.32. The number of guanidine groups is 1. The van der Waals surface area contributed by atoms with Crippen molar-refractivity contribution < 1.29 is 27.4 Å². The van der Waals surface area contributed by atoms with E-state index >= 15 is 0 Å². The molecule has 2 aromatic carbocycles. The van der Waals surface area contributed by atoms with Crippen molar-refractivity contribution in [1.82, 2.24) is 10.6 Å². The number of rotatable bonds is 6. The second kappa shape index (κ2) is 8.73. The van der Waals surface area contributed by atoms with Crippen molar-refractivity contribution in [2.75, 3.05) is 20.4 Å². The topological polar surface area (TPSA) is 64.1 Å². The van der Waals surface area contributed by atoms with Gasteiger partial charge in [-0.1, -0.05) is 24.3 Å². The SMILES string of the molecule is CN=C(NCc1ccc2c(c1)OCO2)NCc1ccccc1OCC(F)(F)F. The Morgan fingerprint density at radius 3 is 2.61 bits per heavy atom. The molecule has 0 aliphatic carbocycles. The number of hydrogen-bond donors (Lipinski definition) is 2. The van der Waals surface area contributed by atoms with Crippen LogP contribution < -0.4 is 24.8 Å². The monoisotopic (exact) mass is 395 g/mol. The van der Waals surface area contributed by atoms with Crippen LogP contribution in [0.5, 0.6) is 17.2 Å². The molecule has 9 heteroatoms. The van der Waals surface area contributed by atoms with Crippen molar-refractivity contribution in [3.8, 4) is 17.2 Å². The minimum atomic E-state index is -4.39. The van der Waals surface area contributed by atoms with Gasteiger partial charge in [-0.15, -0.1) is 0 Å². The minimum Gasteiger partial charge on any atom is -0.484 e. The second-order valence-electron chi connectivity index (χ2n) is 5.98. The molecule has 0 unspecified atom stereocenters. The zero-order valence-electron chi connectivity index (χ0n) is 15.2. The third-order valence-electron chi connectivity index (χ3n) is 3.93. The molecule has 0 aromatic heterocycles. The van der Waals surface area contributed by atoms with Gasteiger partial charge in [-0.2, -0.15) is 13.2 Å². The highest BCUT2D eigenvalue weighted by molar-refractivity contribution is 5.79. The van der Waals surface area contributed by atoms with Crippen molar-refractivity contribution in [1.29, 1.82) is 0 Å². The Hall–Kier alpha value is -3.10. The van der Waals surface area contributed by atoms with Gasteiger partial charge < -0.3 is 24.8 Å². The van der Waals surface area contributed by atoms with Crippen LogP contribution >= 0.6 is 0 Å². The third kappa shape index (κ3) is 5.45. The fourth-order valence-electron chi connectivity index (χ4n) is 2.59. The molecule has 6 nitrogen and oxygen atoms in total. The average Bonchev–Trinajstić information content (AvgIpc) is 3.14. The fourth-order valence-corrected chi connectivity index (χ4v) is 2.59. The van der Waals surface area contributed by atoms with Gasteiger partial charge in [-0.3, -0.25) is 4.99 Å². The van der Waals surface area contributed by atoms with E-state index in [1.165, 1.54) is 6.07 Å². The van der Waals surface area contributed by atoms with E-state index in [2.05, 4.69) is 15.6 Å². The number of fused-ring (bicyclic) bond motifs is 1. The third-order valence-corrected chi connectivity index (χ3v) is 3.93. The lowest BCUT2D eigenvalue weighted by molar-refractivity contribution is -0.153. The van der Waals surface area contributed by atoms with Crippen LogP contribution in [-0.2, 0) is 13.1 Å². The predicted octanol–water partition coefficient (Wildman–Crippen LogP) is 3.22. The van der Waals surface area contributed by atoms with Crippen LogP contribution in [0.3, 0.4) is 0 Å². The Morgan fingerprint density at radius 2 is 1.82 bits per heavy atom. The van der Waals surface area contributed by atoms with Crippen LogP contribution in [-0.4, -0.2) is 32.6 Å². The normalized spacial score (nSPS) is 13.4. The van der Waals surface area contributed by atoms with Crippen LogP contribution in [0.15, 0.2) is 47.5 Å². The number of aliphatic imine (C=N–C) groups is 1. The van der Waals surface area contributed by atoms with Crippen molar-refractivity contribution in [3.63, 3.8) is 0 Å². The van der Waals surface area contributed by atoms with Gasteiger partial charge >= 0.3 is 6.18 Å². The molecule has 1 aliphatic heterocycles. The molecule has 0 radical (unpaired) electrons. The highest BCUT2D eigenvalue weighted by atomic mass is 19.4. The van der Waals surface area contributed by atoms with Gasteiger partial charge in [0.25, 0.3) is 0 Å². The lowest BCUT2D eigenvalue weighted by Crippen LogP contribution is -2.36. The summed E-state index contributed by atoms with van der Waals surface area (Å²) >= 11 is 0. The number of alkyl halides is 3. The van der Waals surface area contributed by atoms with E-state index in [0.29, 0.717) is 29.6 Å². The summed E-state index contributed by atoms with van der Waals surface area (Å²) < 4.78 is 52.7. The quantitative estimate of drug-likeness (QED) is 0.581. The van der Waals surface area contributed by atoms with Gasteiger partial charge in [0.05, 0.1) is 0 Å². The Morgan fingerprint density at radius 1 is 1.07 bits per heavy atom. The van der Waals surface area contributed by atoms with Crippen LogP contribution in [0.25, 0.3) is 0 Å². The van der Waals surface area contributed by atoms with Gasteiger partial charge in [0, 0.05) is 25.7 Å². The summed E-state index contributed by atoms with van der Waals surface area (Å²) in [5.74, 6) is 2.08. The van der Waals surface area contributed by atoms with Gasteiger partial charge in [-0.25, -0.2) is 0 Å². The molecule has 28 heavy (non-hydrogen) atoms. The number of ether oxygens (including phenoxy) is 3. The Kier molecular flexibility index (Phi) is 6.13. The molecular formula is C19H20F3N3O3. The molecule has 2 N–H and O–H groups in total. The molecule has 0 atom stereocenters. The number of para-hydroxylation sites is 1. The summed E-state index contributed by atoms with van der Waals surface area (Å²) in [6, 6.07) is 12.2. The average molecular weight is 395 g/mol. The number of hydrogen-bond acceptors (Lipinski definition) is 4. The van der Waals surface area contributed by atoms with Crippen LogP contribution in [0, 0.1) is 0 Å². The molecule has 0 fully saturated rings. The molecule has 0 spiro atoms. The van der Waals surface area contributed by atoms with Crippen LogP contribution in [0.4, 0.5) is 13.2 Å². The van der Waals surface area contributed by atoms with E-state index in [9.17, 15) is 13.2 Å². The predicted molar refractivity (Wildman–Crippen MR) is 97.6 cm³/mol. The Bertz CT molecular complexity index is 841. The first-order valence-electron chi connectivity index (χ1n) is 8.55. The van der Waals surface area contributed by atoms with Crippen molar-refractivity contribution in [2.45, 2.75) is 19.3 Å². The van der Waals surface area contributed by atoms with Crippen molar-refractivity contribution in [2.24, 2.45) is 4.99 Å². The molecule has 1 heterocycles. The number of nitrogens with one attached hydrogen (secondary N) is 2. The molecule has 0 saturated carbocycles. The second-order valence-corrected chi connectivity index (χ2v) is 5.98. The van der Waals surface area contributed by atoms with E-state index in [0.717, 1.165) is 5.56 Å². The first-order chi connectivity index (χ1) is 13.4. The molecule has 0 saturated heterocycles. The maximum atomic E-state index is 12.4. The summed E-state index contributed by atoms with van der Waals surface area (Å²) in [6.07, 6.45) is -4.39. The summed E-state index contributed by atoms with van der Waals surface area (Å²) in [6.45, 7) is -0.371. The van der Waals surface area contributed by atoms with E-state index in [1.807, 2.05) is 18.2 Å². The molecule has 0 amide bonds. The Balaban J connectivity index is 1.54. The molecule has 150 valence electrons. The number of benzene rings is 2. The number of halogens is 3. The lowest BCUT2D eigenvalue weighted by atomic mass is 10.2. The minimum absolute atomic E-state index is 0.179. The maximum Gasteiger partial charge on any atom is 0.422 e. The zero-order valence-corrected chi connectivity index (χ0v) is 15.2. The molecule has 2 aromatic rings. The van der Waals surface area contributed by atoms with Crippen molar-refractivity contribution in [3.05, 3.63) is 53.6 Å². The van der Waals surface area contributed by atoms with Gasteiger partial charge in [0.1, 0.15) is 5.75 Å². The van der Waals surface area contributed by atoms with Crippen molar-refractivity contribution >= 4 is 5.96 Å². The first kappa shape index (κ1) is 19.7.